The van der Waals surface area contributed by atoms with Crippen LogP contribution in [0, 0.1) is 36.5 Å². The van der Waals surface area contributed by atoms with Crippen molar-refractivity contribution in [1.82, 2.24) is 0 Å². The highest BCUT2D eigenvalue weighted by atomic mass is 14.2. The lowest BCUT2D eigenvalue weighted by molar-refractivity contribution is 1.48. The molecule has 0 aliphatic heterocycles. The van der Waals surface area contributed by atoms with E-state index >= 15 is 0 Å². The standard InChI is InChI=1S/C9H5N.C2H2/c1-2-8-3-5-9(7-10)6-4-8;1-2/h1,3-6H;1-2H. The van der Waals surface area contributed by atoms with Crippen molar-refractivity contribution in [2.45, 2.75) is 0 Å². The van der Waals surface area contributed by atoms with Crippen molar-refractivity contribution in [1.29, 1.82) is 5.26 Å². The second-order valence-corrected chi connectivity index (χ2v) is 1.83. The predicted molar refractivity (Wildman–Crippen MR) is 49.0 cm³/mol. The third kappa shape index (κ3) is 2.61. The number of nitriles is 1. The first-order valence-electron chi connectivity index (χ1n) is 3.17. The number of nitrogens with zero attached hydrogens (tertiary/aromatic N) is 1. The molecule has 56 valence electrons. The predicted octanol–water partition coefficient (Wildman–Crippen LogP) is 1.79. The van der Waals surface area contributed by atoms with Crippen LogP contribution in [-0.2, 0) is 0 Å². The van der Waals surface area contributed by atoms with E-state index in [1.165, 1.54) is 0 Å². The second kappa shape index (κ2) is 5.60. The average Bonchev–Trinajstić information content (AvgIpc) is 2.21. The van der Waals surface area contributed by atoms with E-state index in [4.69, 9.17) is 11.7 Å². The van der Waals surface area contributed by atoms with E-state index in [0.29, 0.717) is 5.56 Å². The average molecular weight is 153 g/mol. The second-order valence-electron chi connectivity index (χ2n) is 1.83. The molecule has 0 aliphatic rings. The Labute approximate surface area is 72.7 Å². The third-order valence-electron chi connectivity index (χ3n) is 1.18. The van der Waals surface area contributed by atoms with Crippen molar-refractivity contribution in [2.75, 3.05) is 0 Å². The molecule has 1 rings (SSSR count). The zero-order valence-corrected chi connectivity index (χ0v) is 6.49. The summed E-state index contributed by atoms with van der Waals surface area (Å²) in [5.41, 5.74) is 1.44. The lowest BCUT2D eigenvalue weighted by Crippen LogP contribution is -1.74. The van der Waals surface area contributed by atoms with Crippen molar-refractivity contribution in [3.8, 4) is 31.3 Å². The molecule has 0 radical (unpaired) electrons. The van der Waals surface area contributed by atoms with Gasteiger partial charge in [-0.1, -0.05) is 5.92 Å². The van der Waals surface area contributed by atoms with Crippen molar-refractivity contribution in [3.05, 3.63) is 35.4 Å². The van der Waals surface area contributed by atoms with Gasteiger partial charge in [-0.2, -0.15) is 5.26 Å². The highest BCUT2D eigenvalue weighted by molar-refractivity contribution is 5.38. The van der Waals surface area contributed by atoms with Crippen molar-refractivity contribution in [2.24, 2.45) is 0 Å². The monoisotopic (exact) mass is 153 g/mol. The Balaban J connectivity index is 0.000000561. The Bertz CT molecular complexity index is 297. The van der Waals surface area contributed by atoms with E-state index in [1.54, 1.807) is 24.3 Å². The molecule has 0 unspecified atom stereocenters. The maximum Gasteiger partial charge on any atom is 0.0991 e. The van der Waals surface area contributed by atoms with Crippen LogP contribution < -0.4 is 0 Å². The molecule has 0 saturated carbocycles. The Morgan fingerprint density at radius 2 is 1.42 bits per heavy atom. The van der Waals surface area contributed by atoms with Gasteiger partial charge in [-0.15, -0.1) is 19.3 Å². The van der Waals surface area contributed by atoms with Gasteiger partial charge < -0.3 is 0 Å². The van der Waals surface area contributed by atoms with E-state index < -0.39 is 0 Å². The van der Waals surface area contributed by atoms with E-state index in [2.05, 4.69) is 18.8 Å². The first kappa shape index (κ1) is 9.83. The van der Waals surface area contributed by atoms with Gasteiger partial charge >= 0.3 is 0 Å². The molecule has 0 fully saturated rings. The van der Waals surface area contributed by atoms with Crippen LogP contribution in [-0.4, -0.2) is 0 Å². The van der Waals surface area contributed by atoms with Gasteiger partial charge in [0.15, 0.2) is 0 Å². The van der Waals surface area contributed by atoms with Gasteiger partial charge in [-0.25, -0.2) is 0 Å². The quantitative estimate of drug-likeness (QED) is 0.521. The van der Waals surface area contributed by atoms with Crippen molar-refractivity contribution >= 4 is 0 Å². The van der Waals surface area contributed by atoms with Crippen LogP contribution in [0.3, 0.4) is 0 Å². The molecule has 1 nitrogen and oxygen atoms in total. The summed E-state index contributed by atoms with van der Waals surface area (Å²) in [6.07, 6.45) is 13.1. The zero-order valence-electron chi connectivity index (χ0n) is 6.49. The Morgan fingerprint density at radius 3 is 1.75 bits per heavy atom. The van der Waals surface area contributed by atoms with E-state index in [1.807, 2.05) is 6.07 Å². The molecule has 1 aromatic carbocycles. The molecule has 1 heteroatoms. The van der Waals surface area contributed by atoms with Crippen LogP contribution in [0.25, 0.3) is 0 Å². The molecule has 0 heterocycles. The fraction of sp³-hybridized carbons (Fsp3) is 0. The normalized spacial score (nSPS) is 6.67. The first-order valence-corrected chi connectivity index (χ1v) is 3.17. The fourth-order valence-electron chi connectivity index (χ4n) is 0.641. The topological polar surface area (TPSA) is 23.8 Å². The van der Waals surface area contributed by atoms with Gasteiger partial charge in [0, 0.05) is 5.56 Å². The summed E-state index contributed by atoms with van der Waals surface area (Å²) in [7, 11) is 0. The highest BCUT2D eigenvalue weighted by Crippen LogP contribution is 2.00. The smallest absolute Gasteiger partial charge is 0.0991 e. The minimum atomic E-state index is 0.638. The largest absolute Gasteiger partial charge is 0.192 e. The number of hydrogen-bond acceptors (Lipinski definition) is 1. The van der Waals surface area contributed by atoms with Crippen LogP contribution in [0.4, 0.5) is 0 Å². The van der Waals surface area contributed by atoms with Gasteiger partial charge in [0.25, 0.3) is 0 Å². The molecule has 0 amide bonds. The molecule has 1 aromatic rings. The summed E-state index contributed by atoms with van der Waals surface area (Å²) < 4.78 is 0. The molecular formula is C11H7N. The molecule has 0 aliphatic carbocycles. The summed E-state index contributed by atoms with van der Waals surface area (Å²) >= 11 is 0. The van der Waals surface area contributed by atoms with Gasteiger partial charge in [-0.3, -0.25) is 0 Å². The maximum atomic E-state index is 8.40. The van der Waals surface area contributed by atoms with Crippen molar-refractivity contribution in [3.63, 3.8) is 0 Å². The molecule has 0 N–H and O–H groups in total. The number of terminal acetylenes is 2. The summed E-state index contributed by atoms with van der Waals surface area (Å²) in [6, 6.07) is 8.91. The van der Waals surface area contributed by atoms with Gasteiger partial charge in [-0.05, 0) is 24.3 Å². The Hall–Kier alpha value is -2.17. The van der Waals surface area contributed by atoms with E-state index in [-0.39, 0.29) is 0 Å². The zero-order chi connectivity index (χ0) is 9.40. The molecule has 0 saturated heterocycles. The fourth-order valence-corrected chi connectivity index (χ4v) is 0.641. The molecule has 0 aromatic heterocycles. The highest BCUT2D eigenvalue weighted by Gasteiger charge is 1.87. The Morgan fingerprint density at radius 1 is 1.00 bits per heavy atom. The lowest BCUT2D eigenvalue weighted by Gasteiger charge is -1.87. The van der Waals surface area contributed by atoms with Gasteiger partial charge in [0.2, 0.25) is 0 Å². The first-order chi connectivity index (χ1) is 5.86. The Kier molecular flexibility index (Phi) is 4.59. The minimum Gasteiger partial charge on any atom is -0.192 e. The molecule has 0 spiro atoms. The summed E-state index contributed by atoms with van der Waals surface area (Å²) in [5, 5.41) is 8.40. The molecule has 0 atom stereocenters. The number of benzene rings is 1. The van der Waals surface area contributed by atoms with Crippen LogP contribution in [0.5, 0.6) is 0 Å². The molecule has 0 bridgehead atoms. The maximum absolute atomic E-state index is 8.40. The van der Waals surface area contributed by atoms with Gasteiger partial charge in [0.05, 0.1) is 11.6 Å². The lowest BCUT2D eigenvalue weighted by atomic mass is 10.2. The van der Waals surface area contributed by atoms with E-state index in [9.17, 15) is 0 Å². The SMILES string of the molecule is C#C.C#Cc1ccc(C#N)cc1. The van der Waals surface area contributed by atoms with Gasteiger partial charge in [0.1, 0.15) is 0 Å². The van der Waals surface area contributed by atoms with Crippen molar-refractivity contribution < 1.29 is 0 Å². The van der Waals surface area contributed by atoms with Crippen LogP contribution in [0.2, 0.25) is 0 Å². The van der Waals surface area contributed by atoms with Crippen LogP contribution in [0.1, 0.15) is 11.1 Å². The minimum absolute atomic E-state index is 0.638. The molecular weight excluding hydrogens is 146 g/mol. The summed E-state index contributed by atoms with van der Waals surface area (Å²) in [5.74, 6) is 2.47. The van der Waals surface area contributed by atoms with Crippen LogP contribution >= 0.6 is 0 Å². The third-order valence-corrected chi connectivity index (χ3v) is 1.18. The summed E-state index contributed by atoms with van der Waals surface area (Å²) in [4.78, 5) is 0. The molecule has 12 heavy (non-hydrogen) atoms. The number of rotatable bonds is 0. The number of hydrogen-bond donors (Lipinski definition) is 0. The summed E-state index contributed by atoms with van der Waals surface area (Å²) in [6.45, 7) is 0. The van der Waals surface area contributed by atoms with Crippen LogP contribution in [0.15, 0.2) is 24.3 Å². The van der Waals surface area contributed by atoms with E-state index in [0.717, 1.165) is 5.56 Å².